The highest BCUT2D eigenvalue weighted by atomic mass is 35.5. The number of thioether (sulfide) groups is 1. The smallest absolute Gasteiger partial charge is 0.263 e. The molecular weight excluding hydrogens is 479 g/mol. The molecule has 0 aromatic heterocycles. The molecule has 3 aromatic carbocycles. The number of aryl methyl sites for hydroxylation is 1. The van der Waals surface area contributed by atoms with Crippen molar-refractivity contribution in [2.45, 2.75) is 16.7 Å². The summed E-state index contributed by atoms with van der Waals surface area (Å²) >= 11 is 13.2. The van der Waals surface area contributed by atoms with E-state index in [1.165, 1.54) is 24.5 Å². The van der Waals surface area contributed by atoms with E-state index >= 15 is 0 Å². The summed E-state index contributed by atoms with van der Waals surface area (Å²) in [6, 6.07) is 11.1. The number of benzene rings is 3. The van der Waals surface area contributed by atoms with E-state index in [1.807, 2.05) is 0 Å². The molecule has 0 atom stereocenters. The molecule has 0 saturated heterocycles. The van der Waals surface area contributed by atoms with Crippen LogP contribution in [-0.4, -0.2) is 19.9 Å². The van der Waals surface area contributed by atoms with Crippen molar-refractivity contribution in [3.8, 4) is 5.75 Å². The number of aliphatic imine (C=N–C) groups is 1. The highest BCUT2D eigenvalue weighted by Crippen LogP contribution is 2.43. The summed E-state index contributed by atoms with van der Waals surface area (Å²) in [6.07, 6.45) is 1.24. The largest absolute Gasteiger partial charge is 0.506 e. The number of phenolic OH excluding ortho intramolecular Hbond substituents is 1. The normalized spacial score (nSPS) is 11.7. The quantitative estimate of drug-likeness (QED) is 0.0910. The summed E-state index contributed by atoms with van der Waals surface area (Å²) in [5.41, 5.74) is 3.09. The molecular formula is C20H18Cl2N4O3S2. The average Bonchev–Trinajstić information content (AvgIpc) is 2.72. The van der Waals surface area contributed by atoms with Gasteiger partial charge in [0.25, 0.3) is 10.0 Å². The lowest BCUT2D eigenvalue weighted by Crippen LogP contribution is -2.18. The topological polar surface area (TPSA) is 117 Å². The van der Waals surface area contributed by atoms with Crippen LogP contribution in [0, 0.1) is 6.92 Å². The second kappa shape index (κ2) is 9.37. The molecule has 0 heterocycles. The number of hydrogen-bond donors (Lipinski definition) is 4. The number of sulfonamides is 1. The monoisotopic (exact) mass is 496 g/mol. The van der Waals surface area contributed by atoms with Crippen molar-refractivity contribution in [3.63, 3.8) is 0 Å². The van der Waals surface area contributed by atoms with E-state index in [-0.39, 0.29) is 21.4 Å². The van der Waals surface area contributed by atoms with Gasteiger partial charge in [0.2, 0.25) is 0 Å². The van der Waals surface area contributed by atoms with Crippen LogP contribution >= 0.6 is 35.0 Å². The molecule has 11 heteroatoms. The van der Waals surface area contributed by atoms with Crippen molar-refractivity contribution in [2.24, 2.45) is 10.8 Å². The summed E-state index contributed by atoms with van der Waals surface area (Å²) < 4.78 is 28.8. The summed E-state index contributed by atoms with van der Waals surface area (Å²) in [5.74, 6) is 5.13. The molecule has 0 unspecified atom stereocenters. The third-order valence-corrected chi connectivity index (χ3v) is 7.35. The van der Waals surface area contributed by atoms with Gasteiger partial charge in [-0.15, -0.1) is 0 Å². The minimum absolute atomic E-state index is 0.00205. The zero-order valence-electron chi connectivity index (χ0n) is 16.2. The van der Waals surface area contributed by atoms with Crippen molar-refractivity contribution >= 4 is 67.8 Å². The van der Waals surface area contributed by atoms with Gasteiger partial charge in [-0.3, -0.25) is 4.72 Å². The third kappa shape index (κ3) is 5.08. The van der Waals surface area contributed by atoms with Crippen molar-refractivity contribution in [1.82, 2.24) is 5.43 Å². The molecule has 31 heavy (non-hydrogen) atoms. The Balaban J connectivity index is 2.11. The number of nitrogens with two attached hydrogens (primary N) is 1. The molecule has 5 N–H and O–H groups in total. The molecule has 0 spiro atoms. The lowest BCUT2D eigenvalue weighted by atomic mass is 10.1. The first-order valence-electron chi connectivity index (χ1n) is 8.72. The Morgan fingerprint density at radius 3 is 2.55 bits per heavy atom. The van der Waals surface area contributed by atoms with Gasteiger partial charge in [-0.1, -0.05) is 65.8 Å². The molecule has 162 valence electrons. The van der Waals surface area contributed by atoms with Crippen LogP contribution < -0.4 is 16.0 Å². The highest BCUT2D eigenvalue weighted by molar-refractivity contribution is 8.03. The molecule has 0 radical (unpaired) electrons. The predicted octanol–water partition coefficient (Wildman–Crippen LogP) is 5.02. The molecule has 0 aliphatic carbocycles. The number of fused-ring (bicyclic) bond motifs is 1. The van der Waals surface area contributed by atoms with Gasteiger partial charge in [-0.05, 0) is 30.7 Å². The van der Waals surface area contributed by atoms with Crippen molar-refractivity contribution in [3.05, 3.63) is 69.7 Å². The van der Waals surface area contributed by atoms with E-state index < -0.39 is 10.0 Å². The first-order valence-corrected chi connectivity index (χ1v) is 11.8. The van der Waals surface area contributed by atoms with Crippen LogP contribution in [0.3, 0.4) is 0 Å². The van der Waals surface area contributed by atoms with Gasteiger partial charge in [-0.25, -0.2) is 19.3 Å². The van der Waals surface area contributed by atoms with Gasteiger partial charge < -0.3 is 10.5 Å². The number of phenols is 1. The second-order valence-electron chi connectivity index (χ2n) is 6.37. The summed E-state index contributed by atoms with van der Waals surface area (Å²) in [6.45, 7) is 5.47. The van der Waals surface area contributed by atoms with E-state index in [1.54, 1.807) is 31.2 Å². The molecule has 0 fully saturated rings. The molecule has 0 amide bonds. The van der Waals surface area contributed by atoms with Crippen molar-refractivity contribution < 1.29 is 13.5 Å². The molecule has 0 bridgehead atoms. The number of rotatable bonds is 7. The summed E-state index contributed by atoms with van der Waals surface area (Å²) in [7, 11) is -4.06. The number of hydrazine groups is 1. The highest BCUT2D eigenvalue weighted by Gasteiger charge is 2.22. The Bertz CT molecular complexity index is 1310. The maximum Gasteiger partial charge on any atom is 0.263 e. The molecule has 0 aliphatic rings. The van der Waals surface area contributed by atoms with Crippen LogP contribution in [0.4, 0.5) is 5.69 Å². The van der Waals surface area contributed by atoms with Crippen LogP contribution in [0.25, 0.3) is 10.8 Å². The van der Waals surface area contributed by atoms with Gasteiger partial charge in [0.15, 0.2) is 0 Å². The van der Waals surface area contributed by atoms with Crippen molar-refractivity contribution in [1.29, 1.82) is 0 Å². The van der Waals surface area contributed by atoms with Gasteiger partial charge in [0.1, 0.15) is 17.0 Å². The second-order valence-corrected chi connectivity index (χ2v) is 9.95. The zero-order chi connectivity index (χ0) is 22.8. The van der Waals surface area contributed by atoms with E-state index in [0.717, 1.165) is 11.8 Å². The fraction of sp³-hybridized carbons (Fsp3) is 0.0500. The first-order chi connectivity index (χ1) is 14.6. The lowest BCUT2D eigenvalue weighted by molar-refractivity contribution is 0.469. The fourth-order valence-corrected chi connectivity index (χ4v) is 5.44. The Morgan fingerprint density at radius 1 is 1.19 bits per heavy atom. The average molecular weight is 497 g/mol. The lowest BCUT2D eigenvalue weighted by Gasteiger charge is -2.16. The Labute approximate surface area is 194 Å². The van der Waals surface area contributed by atoms with Gasteiger partial charge in [-0.2, -0.15) is 0 Å². The van der Waals surface area contributed by atoms with Crippen LogP contribution in [0.15, 0.2) is 68.9 Å². The van der Waals surface area contributed by atoms with Gasteiger partial charge >= 0.3 is 0 Å². The van der Waals surface area contributed by atoms with Crippen LogP contribution in [0.2, 0.25) is 10.0 Å². The molecule has 3 aromatic rings. The Hall–Kier alpha value is -2.43. The minimum Gasteiger partial charge on any atom is -0.506 e. The van der Waals surface area contributed by atoms with E-state index in [0.29, 0.717) is 31.3 Å². The molecule has 7 nitrogen and oxygen atoms in total. The Kier molecular flexibility index (Phi) is 7.03. The van der Waals surface area contributed by atoms with Gasteiger partial charge in [0, 0.05) is 15.8 Å². The standard InChI is InChI=1S/C20H18Cl2N4O3S2/c1-11-7-19(16(22)8-15(11)21)31(28,29)26-17-9-18(30-12(2)24-10-25-23)20(27)14-6-4-3-5-13(14)17/h3-10,26-27H,2,23H2,1H3,(H,24,25). The van der Waals surface area contributed by atoms with Crippen LogP contribution in [0.1, 0.15) is 5.56 Å². The van der Waals surface area contributed by atoms with Crippen molar-refractivity contribution in [2.75, 3.05) is 4.72 Å². The minimum atomic E-state index is -4.06. The van der Waals surface area contributed by atoms with Gasteiger partial charge in [0.05, 0.1) is 20.6 Å². The number of nitrogens with zero attached hydrogens (tertiary/aromatic N) is 1. The fourth-order valence-electron chi connectivity index (χ4n) is 2.80. The number of halogens is 2. The Morgan fingerprint density at radius 2 is 1.87 bits per heavy atom. The predicted molar refractivity (Wildman–Crippen MR) is 128 cm³/mol. The number of nitrogens with one attached hydrogen (secondary N) is 2. The number of hydrogen-bond acceptors (Lipinski definition) is 6. The van der Waals surface area contributed by atoms with E-state index in [9.17, 15) is 13.5 Å². The molecule has 0 aliphatic heterocycles. The molecule has 3 rings (SSSR count). The van der Waals surface area contributed by atoms with E-state index in [2.05, 4.69) is 21.7 Å². The number of anilines is 1. The zero-order valence-corrected chi connectivity index (χ0v) is 19.3. The number of aromatic hydroxyl groups is 1. The third-order valence-electron chi connectivity index (χ3n) is 4.24. The maximum atomic E-state index is 13.1. The SMILES string of the molecule is C=C(/N=C\NN)Sc1cc(NS(=O)(=O)c2cc(C)c(Cl)cc2Cl)c2ccccc2c1O. The first kappa shape index (κ1) is 23.2. The summed E-state index contributed by atoms with van der Waals surface area (Å²) in [4.78, 5) is 4.22. The molecule has 0 saturated carbocycles. The van der Waals surface area contributed by atoms with E-state index in [4.69, 9.17) is 29.0 Å². The maximum absolute atomic E-state index is 13.1. The van der Waals surface area contributed by atoms with Crippen LogP contribution in [-0.2, 0) is 10.0 Å². The van der Waals surface area contributed by atoms with Crippen LogP contribution in [0.5, 0.6) is 5.75 Å². The summed E-state index contributed by atoms with van der Waals surface area (Å²) in [5, 5.41) is 12.4.